The summed E-state index contributed by atoms with van der Waals surface area (Å²) in [5.41, 5.74) is 1.28. The maximum atomic E-state index is 5.84. The Labute approximate surface area is 111 Å². The first-order valence-corrected chi connectivity index (χ1v) is 7.14. The van der Waals surface area contributed by atoms with E-state index in [0.29, 0.717) is 5.37 Å². The fourth-order valence-corrected chi connectivity index (χ4v) is 3.05. The summed E-state index contributed by atoms with van der Waals surface area (Å²) in [6, 6.07) is 18.2. The molecule has 1 fully saturated rings. The van der Waals surface area contributed by atoms with Gasteiger partial charge in [-0.05, 0) is 29.8 Å². The van der Waals surface area contributed by atoms with Crippen LogP contribution in [-0.2, 0) is 0 Å². The van der Waals surface area contributed by atoms with Gasteiger partial charge in [0.25, 0.3) is 0 Å². The molecule has 18 heavy (non-hydrogen) atoms. The first kappa shape index (κ1) is 11.6. The summed E-state index contributed by atoms with van der Waals surface area (Å²) in [7, 11) is 0. The minimum Gasteiger partial charge on any atom is -0.457 e. The SMILES string of the molecule is c1ccc(Oc2cccc(C3NCCS3)c2)cc1. The Morgan fingerprint density at radius 2 is 1.83 bits per heavy atom. The predicted molar refractivity (Wildman–Crippen MR) is 76.2 cm³/mol. The Kier molecular flexibility index (Phi) is 3.53. The van der Waals surface area contributed by atoms with Crippen LogP contribution in [0.3, 0.4) is 0 Å². The van der Waals surface area contributed by atoms with E-state index >= 15 is 0 Å². The van der Waals surface area contributed by atoms with Crippen LogP contribution in [0.2, 0.25) is 0 Å². The number of rotatable bonds is 3. The summed E-state index contributed by atoms with van der Waals surface area (Å²) < 4.78 is 5.84. The van der Waals surface area contributed by atoms with E-state index in [2.05, 4.69) is 17.4 Å². The lowest BCUT2D eigenvalue weighted by molar-refractivity contribution is 0.481. The first-order valence-electron chi connectivity index (χ1n) is 6.10. The van der Waals surface area contributed by atoms with E-state index in [1.165, 1.54) is 11.3 Å². The van der Waals surface area contributed by atoms with Gasteiger partial charge in [-0.15, -0.1) is 11.8 Å². The third kappa shape index (κ3) is 2.68. The number of nitrogens with one attached hydrogen (secondary N) is 1. The van der Waals surface area contributed by atoms with Gasteiger partial charge < -0.3 is 10.1 Å². The molecule has 0 radical (unpaired) electrons. The zero-order valence-corrected chi connectivity index (χ0v) is 10.8. The molecule has 0 bridgehead atoms. The van der Waals surface area contributed by atoms with Gasteiger partial charge >= 0.3 is 0 Å². The number of hydrogen-bond donors (Lipinski definition) is 1. The van der Waals surface area contributed by atoms with Crippen LogP contribution in [-0.4, -0.2) is 12.3 Å². The number of para-hydroxylation sites is 1. The molecule has 2 nitrogen and oxygen atoms in total. The molecule has 1 unspecified atom stereocenters. The molecule has 1 N–H and O–H groups in total. The molecule has 2 aromatic carbocycles. The minimum absolute atomic E-state index is 0.407. The van der Waals surface area contributed by atoms with E-state index in [0.717, 1.165) is 18.0 Å². The van der Waals surface area contributed by atoms with Crippen molar-refractivity contribution in [3.05, 3.63) is 60.2 Å². The zero-order valence-electron chi connectivity index (χ0n) is 10.0. The molecule has 0 saturated carbocycles. The molecule has 1 atom stereocenters. The first-order chi connectivity index (χ1) is 8.92. The highest BCUT2D eigenvalue weighted by Crippen LogP contribution is 2.32. The Balaban J connectivity index is 1.78. The number of benzene rings is 2. The van der Waals surface area contributed by atoms with Crippen molar-refractivity contribution in [3.8, 4) is 11.5 Å². The quantitative estimate of drug-likeness (QED) is 0.903. The molecule has 0 spiro atoms. The fourth-order valence-electron chi connectivity index (χ4n) is 2.01. The van der Waals surface area contributed by atoms with E-state index < -0.39 is 0 Å². The van der Waals surface area contributed by atoms with Crippen molar-refractivity contribution in [1.29, 1.82) is 0 Å². The second-order valence-electron chi connectivity index (χ2n) is 4.19. The molecule has 92 valence electrons. The third-order valence-corrected chi connectivity index (χ3v) is 4.07. The van der Waals surface area contributed by atoms with Crippen molar-refractivity contribution in [2.75, 3.05) is 12.3 Å². The largest absolute Gasteiger partial charge is 0.457 e. The summed E-state index contributed by atoms with van der Waals surface area (Å²) in [4.78, 5) is 0. The molecule has 1 aliphatic rings. The van der Waals surface area contributed by atoms with Gasteiger partial charge in [-0.3, -0.25) is 0 Å². The highest BCUT2D eigenvalue weighted by molar-refractivity contribution is 7.99. The molecule has 1 aliphatic heterocycles. The summed E-state index contributed by atoms with van der Waals surface area (Å²) in [5, 5.41) is 3.88. The van der Waals surface area contributed by atoms with Crippen LogP contribution in [0.25, 0.3) is 0 Å². The molecule has 1 saturated heterocycles. The maximum Gasteiger partial charge on any atom is 0.127 e. The maximum absolute atomic E-state index is 5.84. The van der Waals surface area contributed by atoms with Crippen LogP contribution < -0.4 is 10.1 Å². The van der Waals surface area contributed by atoms with Gasteiger partial charge in [0.15, 0.2) is 0 Å². The van der Waals surface area contributed by atoms with Crippen molar-refractivity contribution in [3.63, 3.8) is 0 Å². The van der Waals surface area contributed by atoms with Crippen LogP contribution in [0.15, 0.2) is 54.6 Å². The second kappa shape index (κ2) is 5.46. The van der Waals surface area contributed by atoms with Gasteiger partial charge in [-0.25, -0.2) is 0 Å². The summed E-state index contributed by atoms with van der Waals surface area (Å²) in [6.45, 7) is 1.08. The smallest absolute Gasteiger partial charge is 0.127 e. The Morgan fingerprint density at radius 3 is 2.61 bits per heavy atom. The molecular weight excluding hydrogens is 242 g/mol. The van der Waals surface area contributed by atoms with Crippen molar-refractivity contribution in [2.24, 2.45) is 0 Å². The second-order valence-corrected chi connectivity index (χ2v) is 5.41. The monoisotopic (exact) mass is 257 g/mol. The van der Waals surface area contributed by atoms with Crippen LogP contribution in [0, 0.1) is 0 Å². The summed E-state index contributed by atoms with van der Waals surface area (Å²) >= 11 is 1.94. The molecule has 3 heteroatoms. The topological polar surface area (TPSA) is 21.3 Å². The molecule has 0 aromatic heterocycles. The lowest BCUT2D eigenvalue weighted by atomic mass is 10.2. The molecule has 2 aromatic rings. The van der Waals surface area contributed by atoms with Gasteiger partial charge in [0.1, 0.15) is 11.5 Å². The van der Waals surface area contributed by atoms with E-state index in [1.54, 1.807) is 0 Å². The molecular formula is C15H15NOS. The van der Waals surface area contributed by atoms with Crippen LogP contribution in [0.1, 0.15) is 10.9 Å². The van der Waals surface area contributed by atoms with Crippen molar-refractivity contribution in [2.45, 2.75) is 5.37 Å². The Morgan fingerprint density at radius 1 is 1.00 bits per heavy atom. The normalized spacial score (nSPS) is 18.8. The van der Waals surface area contributed by atoms with Gasteiger partial charge in [-0.1, -0.05) is 30.3 Å². The van der Waals surface area contributed by atoms with Crippen molar-refractivity contribution >= 4 is 11.8 Å². The zero-order chi connectivity index (χ0) is 12.2. The lowest BCUT2D eigenvalue weighted by Gasteiger charge is -2.12. The molecule has 0 amide bonds. The molecule has 0 aliphatic carbocycles. The standard InChI is InChI=1S/C15H15NOS/c1-2-6-13(7-3-1)17-14-8-4-5-12(11-14)15-16-9-10-18-15/h1-8,11,15-16H,9-10H2. The van der Waals surface area contributed by atoms with E-state index in [1.807, 2.05) is 54.2 Å². The van der Waals surface area contributed by atoms with Gasteiger partial charge in [-0.2, -0.15) is 0 Å². The third-order valence-electron chi connectivity index (χ3n) is 2.86. The average Bonchev–Trinajstić information content (AvgIpc) is 2.94. The molecule has 3 rings (SSSR count). The van der Waals surface area contributed by atoms with E-state index in [9.17, 15) is 0 Å². The lowest BCUT2D eigenvalue weighted by Crippen LogP contribution is -2.11. The van der Waals surface area contributed by atoms with E-state index in [4.69, 9.17) is 4.74 Å². The van der Waals surface area contributed by atoms with Crippen LogP contribution in [0.4, 0.5) is 0 Å². The summed E-state index contributed by atoms with van der Waals surface area (Å²) in [6.07, 6.45) is 0. The van der Waals surface area contributed by atoms with Gasteiger partial charge in [0.2, 0.25) is 0 Å². The van der Waals surface area contributed by atoms with Crippen molar-refractivity contribution < 1.29 is 4.74 Å². The van der Waals surface area contributed by atoms with E-state index in [-0.39, 0.29) is 0 Å². The average molecular weight is 257 g/mol. The minimum atomic E-state index is 0.407. The summed E-state index contributed by atoms with van der Waals surface area (Å²) in [5.74, 6) is 2.95. The Bertz CT molecular complexity index is 509. The number of ether oxygens (including phenoxy) is 1. The van der Waals surface area contributed by atoms with Crippen LogP contribution >= 0.6 is 11.8 Å². The molecule has 1 heterocycles. The van der Waals surface area contributed by atoms with Gasteiger partial charge in [0, 0.05) is 12.3 Å². The highest BCUT2D eigenvalue weighted by Gasteiger charge is 2.16. The van der Waals surface area contributed by atoms with Gasteiger partial charge in [0.05, 0.1) is 5.37 Å². The number of hydrogen-bond acceptors (Lipinski definition) is 3. The fraction of sp³-hybridized carbons (Fsp3) is 0.200. The number of thioether (sulfide) groups is 1. The Hall–Kier alpha value is -1.45. The van der Waals surface area contributed by atoms with Crippen molar-refractivity contribution in [1.82, 2.24) is 5.32 Å². The van der Waals surface area contributed by atoms with Crippen LogP contribution in [0.5, 0.6) is 11.5 Å². The highest BCUT2D eigenvalue weighted by atomic mass is 32.2. The predicted octanol–water partition coefficient (Wildman–Crippen LogP) is 3.81.